The van der Waals surface area contributed by atoms with Crippen LogP contribution in [0.2, 0.25) is 0 Å². The van der Waals surface area contributed by atoms with Crippen LogP contribution in [0.3, 0.4) is 0 Å². The first-order valence-electron chi connectivity index (χ1n) is 9.34. The maximum atomic E-state index is 12.8. The van der Waals surface area contributed by atoms with Gasteiger partial charge in [-0.2, -0.15) is 0 Å². The van der Waals surface area contributed by atoms with Gasteiger partial charge in [0.25, 0.3) is 0 Å². The Hall–Kier alpha value is -1.10. The summed E-state index contributed by atoms with van der Waals surface area (Å²) in [6.07, 6.45) is 9.61. The number of rotatable bonds is 2. The van der Waals surface area contributed by atoms with Crippen LogP contribution >= 0.6 is 23.7 Å². The Morgan fingerprint density at radius 2 is 1.80 bits per heavy atom. The molecule has 0 bridgehead atoms. The van der Waals surface area contributed by atoms with Gasteiger partial charge in [0.2, 0.25) is 5.91 Å². The third-order valence-corrected chi connectivity index (χ3v) is 6.68. The molecule has 1 aromatic heterocycles. The normalized spacial score (nSPS) is 21.7. The van der Waals surface area contributed by atoms with Crippen LogP contribution in [0.25, 0.3) is 10.1 Å². The van der Waals surface area contributed by atoms with E-state index in [1.165, 1.54) is 52.6 Å². The van der Waals surface area contributed by atoms with E-state index in [1.54, 1.807) is 0 Å². The van der Waals surface area contributed by atoms with E-state index < -0.39 is 0 Å². The lowest BCUT2D eigenvalue weighted by Crippen LogP contribution is -2.50. The monoisotopic (exact) mass is 378 g/mol. The summed E-state index contributed by atoms with van der Waals surface area (Å²) in [4.78, 5) is 14.2. The molecule has 5 heteroatoms. The van der Waals surface area contributed by atoms with E-state index in [0.717, 1.165) is 25.8 Å². The summed E-state index contributed by atoms with van der Waals surface area (Å²) in [5.74, 6) is 0.196. The minimum atomic E-state index is -0.0825. The highest BCUT2D eigenvalue weighted by Gasteiger charge is 2.28. The van der Waals surface area contributed by atoms with Gasteiger partial charge >= 0.3 is 0 Å². The van der Waals surface area contributed by atoms with E-state index >= 15 is 0 Å². The van der Waals surface area contributed by atoms with Crippen molar-refractivity contribution in [3.63, 3.8) is 0 Å². The average molecular weight is 379 g/mol. The Balaban J connectivity index is 0.00000182. The van der Waals surface area contributed by atoms with Crippen LogP contribution in [0, 0.1) is 0 Å². The van der Waals surface area contributed by atoms with Gasteiger partial charge in [-0.1, -0.05) is 50.3 Å². The molecule has 2 aromatic rings. The van der Waals surface area contributed by atoms with Crippen molar-refractivity contribution in [1.29, 1.82) is 0 Å². The zero-order chi connectivity index (χ0) is 16.4. The van der Waals surface area contributed by atoms with E-state index in [0.29, 0.717) is 6.04 Å². The van der Waals surface area contributed by atoms with Crippen molar-refractivity contribution < 1.29 is 4.79 Å². The molecule has 1 aromatic carbocycles. The molecule has 0 saturated heterocycles. The standard InChI is InChI=1S/C20H26N2OS.ClH/c23-20(22-14-8-4-2-1-3-5-9-14)17-12-16-15-10-6-7-11-18(15)24-19(16)13-21-17;/h6-7,10-11,14,17,21H,1-5,8-9,12-13H2,(H,22,23);1H/t17-;/m1./s1. The van der Waals surface area contributed by atoms with Crippen molar-refractivity contribution in [3.8, 4) is 0 Å². The minimum absolute atomic E-state index is 0. The number of halogens is 1. The van der Waals surface area contributed by atoms with Gasteiger partial charge in [-0.3, -0.25) is 4.79 Å². The highest BCUT2D eigenvalue weighted by Crippen LogP contribution is 2.34. The lowest BCUT2D eigenvalue weighted by atomic mass is 9.95. The van der Waals surface area contributed by atoms with Crippen LogP contribution < -0.4 is 10.6 Å². The van der Waals surface area contributed by atoms with E-state index in [-0.39, 0.29) is 24.4 Å². The summed E-state index contributed by atoms with van der Waals surface area (Å²) >= 11 is 1.86. The number of carbonyl (C=O) groups is 1. The fraction of sp³-hybridized carbons (Fsp3) is 0.550. The number of carbonyl (C=O) groups excluding carboxylic acids is 1. The summed E-state index contributed by atoms with van der Waals surface area (Å²) in [5, 5.41) is 8.12. The molecular formula is C20H27ClN2OS. The van der Waals surface area contributed by atoms with E-state index in [1.807, 2.05) is 11.3 Å². The molecular weight excluding hydrogens is 352 g/mol. The fourth-order valence-electron chi connectivity index (χ4n) is 4.10. The quantitative estimate of drug-likeness (QED) is 0.803. The Labute approximate surface area is 160 Å². The molecule has 1 aliphatic heterocycles. The van der Waals surface area contributed by atoms with E-state index in [4.69, 9.17) is 0 Å². The van der Waals surface area contributed by atoms with Crippen LogP contribution in [-0.4, -0.2) is 18.0 Å². The van der Waals surface area contributed by atoms with Gasteiger partial charge in [-0.05, 0) is 36.3 Å². The van der Waals surface area contributed by atoms with Gasteiger partial charge in [-0.15, -0.1) is 23.7 Å². The second kappa shape index (κ2) is 8.52. The largest absolute Gasteiger partial charge is 0.352 e. The Kier molecular flexibility index (Phi) is 6.37. The molecule has 0 spiro atoms. The Morgan fingerprint density at radius 1 is 1.08 bits per heavy atom. The predicted molar refractivity (Wildman–Crippen MR) is 108 cm³/mol. The molecule has 25 heavy (non-hydrogen) atoms. The van der Waals surface area contributed by atoms with Gasteiger partial charge in [0.05, 0.1) is 6.04 Å². The third kappa shape index (κ3) is 4.18. The highest BCUT2D eigenvalue weighted by molar-refractivity contribution is 7.19. The number of hydrogen-bond donors (Lipinski definition) is 2. The molecule has 2 aliphatic rings. The molecule has 0 unspecified atom stereocenters. The zero-order valence-corrected chi connectivity index (χ0v) is 16.2. The summed E-state index contributed by atoms with van der Waals surface area (Å²) < 4.78 is 1.34. The SMILES string of the molecule is Cl.O=C(NC1CCCCCCC1)[C@H]1Cc2c(sc3ccccc23)CN1. The number of fused-ring (bicyclic) bond motifs is 3. The van der Waals surface area contributed by atoms with Crippen molar-refractivity contribution in [2.45, 2.75) is 70.0 Å². The number of nitrogens with one attached hydrogen (secondary N) is 2. The molecule has 2 N–H and O–H groups in total. The maximum Gasteiger partial charge on any atom is 0.237 e. The molecule has 4 rings (SSSR count). The smallest absolute Gasteiger partial charge is 0.237 e. The lowest BCUT2D eigenvalue weighted by Gasteiger charge is -2.27. The Bertz CT molecular complexity index is 722. The van der Waals surface area contributed by atoms with Crippen molar-refractivity contribution in [2.75, 3.05) is 0 Å². The first-order chi connectivity index (χ1) is 11.8. The Morgan fingerprint density at radius 3 is 2.60 bits per heavy atom. The number of thiophene rings is 1. The highest BCUT2D eigenvalue weighted by atomic mass is 35.5. The van der Waals surface area contributed by atoms with Crippen LogP contribution in [0.5, 0.6) is 0 Å². The molecule has 1 atom stereocenters. The maximum absolute atomic E-state index is 12.8. The summed E-state index contributed by atoms with van der Waals surface area (Å²) in [7, 11) is 0. The fourth-order valence-corrected chi connectivity index (χ4v) is 5.28. The number of amides is 1. The zero-order valence-electron chi connectivity index (χ0n) is 14.6. The van der Waals surface area contributed by atoms with Crippen LogP contribution in [0.15, 0.2) is 24.3 Å². The molecule has 1 amide bonds. The van der Waals surface area contributed by atoms with Gasteiger partial charge in [0.1, 0.15) is 0 Å². The average Bonchev–Trinajstić information content (AvgIpc) is 2.95. The van der Waals surface area contributed by atoms with E-state index in [2.05, 4.69) is 34.9 Å². The molecule has 3 nitrogen and oxygen atoms in total. The first kappa shape index (κ1) is 18.7. The van der Waals surface area contributed by atoms with E-state index in [9.17, 15) is 4.79 Å². The van der Waals surface area contributed by atoms with Crippen molar-refractivity contribution in [1.82, 2.24) is 10.6 Å². The first-order valence-corrected chi connectivity index (χ1v) is 10.2. The van der Waals surface area contributed by atoms with Crippen LogP contribution in [0.1, 0.15) is 55.4 Å². The molecule has 1 fully saturated rings. The van der Waals surface area contributed by atoms with Gasteiger partial charge < -0.3 is 10.6 Å². The second-order valence-electron chi connectivity index (χ2n) is 7.19. The van der Waals surface area contributed by atoms with Crippen molar-refractivity contribution >= 4 is 39.7 Å². The van der Waals surface area contributed by atoms with Gasteiger partial charge in [0, 0.05) is 22.2 Å². The molecule has 0 radical (unpaired) electrons. The second-order valence-corrected chi connectivity index (χ2v) is 8.32. The minimum Gasteiger partial charge on any atom is -0.352 e. The molecule has 1 saturated carbocycles. The van der Waals surface area contributed by atoms with Crippen molar-refractivity contribution in [3.05, 3.63) is 34.7 Å². The third-order valence-electron chi connectivity index (χ3n) is 5.47. The topological polar surface area (TPSA) is 41.1 Å². The molecule has 1 aliphatic carbocycles. The molecule has 2 heterocycles. The molecule has 136 valence electrons. The number of hydrogen-bond acceptors (Lipinski definition) is 3. The van der Waals surface area contributed by atoms with Crippen LogP contribution in [0.4, 0.5) is 0 Å². The number of benzene rings is 1. The van der Waals surface area contributed by atoms with Crippen molar-refractivity contribution in [2.24, 2.45) is 0 Å². The van der Waals surface area contributed by atoms with Crippen LogP contribution in [-0.2, 0) is 17.8 Å². The summed E-state index contributed by atoms with van der Waals surface area (Å²) in [6.45, 7) is 0.817. The van der Waals surface area contributed by atoms with Gasteiger partial charge in [0.15, 0.2) is 0 Å². The van der Waals surface area contributed by atoms with Gasteiger partial charge in [-0.25, -0.2) is 0 Å². The summed E-state index contributed by atoms with van der Waals surface area (Å²) in [6, 6.07) is 8.86. The lowest BCUT2D eigenvalue weighted by molar-refractivity contribution is -0.124. The predicted octanol–water partition coefficient (Wildman–Crippen LogP) is 4.57. The summed E-state index contributed by atoms with van der Waals surface area (Å²) in [5.41, 5.74) is 1.38.